The van der Waals surface area contributed by atoms with E-state index in [0.717, 1.165) is 13.1 Å². The molecular weight excluding hydrogens is 222 g/mol. The van der Waals surface area contributed by atoms with Crippen LogP contribution in [0.4, 0.5) is 0 Å². The number of piperazine rings is 1. The predicted octanol–water partition coefficient (Wildman–Crippen LogP) is 2.04. The zero-order valence-corrected chi connectivity index (χ0v) is 13.1. The van der Waals surface area contributed by atoms with Crippen molar-refractivity contribution in [3.8, 4) is 0 Å². The van der Waals surface area contributed by atoms with Crippen LogP contribution >= 0.6 is 0 Å². The fourth-order valence-electron chi connectivity index (χ4n) is 2.67. The zero-order valence-electron chi connectivity index (χ0n) is 13.1. The van der Waals surface area contributed by atoms with E-state index in [4.69, 9.17) is 0 Å². The molecule has 108 valence electrons. The van der Waals surface area contributed by atoms with E-state index in [1.54, 1.807) is 0 Å². The molecule has 0 bridgehead atoms. The van der Waals surface area contributed by atoms with Gasteiger partial charge in [0.2, 0.25) is 0 Å². The van der Waals surface area contributed by atoms with Crippen molar-refractivity contribution < 1.29 is 0 Å². The van der Waals surface area contributed by atoms with Crippen LogP contribution in [0.3, 0.4) is 0 Å². The minimum absolute atomic E-state index is 0.421. The van der Waals surface area contributed by atoms with Crippen LogP contribution in [0, 0.1) is 5.41 Å². The molecule has 0 saturated carbocycles. The standard InChI is InChI=1S/C15H33N3/c1-6-8-16-12-15(4,7-2)13-18-10-9-17(5)14(3)11-18/h14,16H,6-13H2,1-5H3. The second-order valence-corrected chi connectivity index (χ2v) is 6.41. The summed E-state index contributed by atoms with van der Waals surface area (Å²) in [6, 6.07) is 0.698. The van der Waals surface area contributed by atoms with Crippen molar-refractivity contribution in [3.05, 3.63) is 0 Å². The fourth-order valence-corrected chi connectivity index (χ4v) is 2.67. The van der Waals surface area contributed by atoms with Crippen LogP contribution in [0.2, 0.25) is 0 Å². The van der Waals surface area contributed by atoms with Crippen LogP contribution in [-0.2, 0) is 0 Å². The summed E-state index contributed by atoms with van der Waals surface area (Å²) in [4.78, 5) is 5.12. The molecule has 1 N–H and O–H groups in total. The van der Waals surface area contributed by atoms with Gasteiger partial charge in [0.1, 0.15) is 0 Å². The van der Waals surface area contributed by atoms with Crippen molar-refractivity contribution in [3.63, 3.8) is 0 Å². The van der Waals surface area contributed by atoms with Crippen LogP contribution < -0.4 is 5.32 Å². The Morgan fingerprint density at radius 2 is 2.00 bits per heavy atom. The summed E-state index contributed by atoms with van der Waals surface area (Å²) in [5.41, 5.74) is 0.421. The Bertz CT molecular complexity index is 232. The van der Waals surface area contributed by atoms with E-state index in [-0.39, 0.29) is 0 Å². The van der Waals surface area contributed by atoms with Gasteiger partial charge in [0, 0.05) is 38.8 Å². The lowest BCUT2D eigenvalue weighted by atomic mass is 9.86. The van der Waals surface area contributed by atoms with E-state index in [0.29, 0.717) is 11.5 Å². The van der Waals surface area contributed by atoms with E-state index in [1.807, 2.05) is 0 Å². The third-order valence-corrected chi connectivity index (χ3v) is 4.48. The fraction of sp³-hybridized carbons (Fsp3) is 1.00. The first-order chi connectivity index (χ1) is 8.50. The predicted molar refractivity (Wildman–Crippen MR) is 80.1 cm³/mol. The first-order valence-corrected chi connectivity index (χ1v) is 7.64. The summed E-state index contributed by atoms with van der Waals surface area (Å²) >= 11 is 0. The summed E-state index contributed by atoms with van der Waals surface area (Å²) in [5, 5.41) is 3.60. The average Bonchev–Trinajstić information content (AvgIpc) is 2.34. The normalized spacial score (nSPS) is 26.2. The molecule has 1 heterocycles. The molecule has 1 fully saturated rings. The van der Waals surface area contributed by atoms with Crippen molar-refractivity contribution >= 4 is 0 Å². The molecule has 3 nitrogen and oxygen atoms in total. The Hall–Kier alpha value is -0.120. The number of nitrogens with one attached hydrogen (secondary N) is 1. The molecule has 0 spiro atoms. The number of hydrogen-bond acceptors (Lipinski definition) is 3. The van der Waals surface area contributed by atoms with Crippen molar-refractivity contribution in [1.29, 1.82) is 0 Å². The maximum Gasteiger partial charge on any atom is 0.0192 e. The summed E-state index contributed by atoms with van der Waals surface area (Å²) in [7, 11) is 2.24. The molecular formula is C15H33N3. The first-order valence-electron chi connectivity index (χ1n) is 7.64. The number of rotatable bonds is 7. The van der Waals surface area contributed by atoms with Crippen LogP contribution in [0.25, 0.3) is 0 Å². The van der Waals surface area contributed by atoms with Gasteiger partial charge in [-0.15, -0.1) is 0 Å². The molecule has 2 atom stereocenters. The first kappa shape index (κ1) is 15.9. The minimum Gasteiger partial charge on any atom is -0.316 e. The molecule has 3 heteroatoms. The molecule has 0 radical (unpaired) electrons. The van der Waals surface area contributed by atoms with Crippen LogP contribution in [0.15, 0.2) is 0 Å². The molecule has 0 aromatic heterocycles. The summed E-state index contributed by atoms with van der Waals surface area (Å²) < 4.78 is 0. The Labute approximate surface area is 114 Å². The molecule has 0 aromatic carbocycles. The quantitative estimate of drug-likeness (QED) is 0.702. The molecule has 0 amide bonds. The molecule has 18 heavy (non-hydrogen) atoms. The SMILES string of the molecule is CCCNCC(C)(CC)CN1CCN(C)C(C)C1. The number of likely N-dealkylation sites (N-methyl/N-ethyl adjacent to an activating group) is 1. The lowest BCUT2D eigenvalue weighted by Gasteiger charge is -2.42. The van der Waals surface area contributed by atoms with Gasteiger partial charge >= 0.3 is 0 Å². The van der Waals surface area contributed by atoms with Gasteiger partial charge in [-0.3, -0.25) is 4.90 Å². The monoisotopic (exact) mass is 255 g/mol. The van der Waals surface area contributed by atoms with Crippen molar-refractivity contribution in [2.45, 2.75) is 46.6 Å². The molecule has 1 rings (SSSR count). The molecule has 1 saturated heterocycles. The average molecular weight is 255 g/mol. The van der Waals surface area contributed by atoms with Crippen LogP contribution in [0.1, 0.15) is 40.5 Å². The van der Waals surface area contributed by atoms with Crippen molar-refractivity contribution in [2.24, 2.45) is 5.41 Å². The van der Waals surface area contributed by atoms with Gasteiger partial charge in [0.05, 0.1) is 0 Å². The number of hydrogen-bond donors (Lipinski definition) is 1. The highest BCUT2D eigenvalue weighted by molar-refractivity contribution is 4.84. The van der Waals surface area contributed by atoms with Gasteiger partial charge < -0.3 is 10.2 Å². The summed E-state index contributed by atoms with van der Waals surface area (Å²) in [6.07, 6.45) is 2.48. The molecule has 0 aromatic rings. The minimum atomic E-state index is 0.421. The Morgan fingerprint density at radius 3 is 2.56 bits per heavy atom. The molecule has 1 aliphatic heterocycles. The van der Waals surface area contributed by atoms with Gasteiger partial charge in [0.25, 0.3) is 0 Å². The summed E-state index contributed by atoms with van der Waals surface area (Å²) in [5.74, 6) is 0. The highest BCUT2D eigenvalue weighted by Gasteiger charge is 2.28. The van der Waals surface area contributed by atoms with Gasteiger partial charge in [-0.25, -0.2) is 0 Å². The Kier molecular flexibility index (Phi) is 6.61. The topological polar surface area (TPSA) is 18.5 Å². The lowest BCUT2D eigenvalue weighted by Crippen LogP contribution is -2.53. The lowest BCUT2D eigenvalue weighted by molar-refractivity contribution is 0.0679. The van der Waals surface area contributed by atoms with E-state index in [1.165, 1.54) is 39.0 Å². The summed E-state index contributed by atoms with van der Waals surface area (Å²) in [6.45, 7) is 16.5. The van der Waals surface area contributed by atoms with E-state index in [9.17, 15) is 0 Å². The smallest absolute Gasteiger partial charge is 0.0192 e. The Morgan fingerprint density at radius 1 is 1.28 bits per heavy atom. The molecule has 1 aliphatic rings. The zero-order chi connectivity index (χ0) is 13.6. The van der Waals surface area contributed by atoms with Crippen LogP contribution in [-0.4, -0.2) is 62.2 Å². The largest absolute Gasteiger partial charge is 0.316 e. The van der Waals surface area contributed by atoms with Crippen molar-refractivity contribution in [2.75, 3.05) is 46.3 Å². The maximum absolute atomic E-state index is 3.60. The van der Waals surface area contributed by atoms with Crippen LogP contribution in [0.5, 0.6) is 0 Å². The second kappa shape index (κ2) is 7.46. The highest BCUT2D eigenvalue weighted by atomic mass is 15.3. The molecule has 2 unspecified atom stereocenters. The van der Waals surface area contributed by atoms with Gasteiger partial charge in [-0.05, 0) is 38.8 Å². The Balaban J connectivity index is 2.41. The second-order valence-electron chi connectivity index (χ2n) is 6.41. The van der Waals surface area contributed by atoms with E-state index >= 15 is 0 Å². The molecule has 0 aliphatic carbocycles. The van der Waals surface area contributed by atoms with Gasteiger partial charge in [0.15, 0.2) is 0 Å². The van der Waals surface area contributed by atoms with Gasteiger partial charge in [-0.1, -0.05) is 20.8 Å². The maximum atomic E-state index is 3.60. The van der Waals surface area contributed by atoms with E-state index < -0.39 is 0 Å². The number of nitrogens with zero attached hydrogens (tertiary/aromatic N) is 2. The highest BCUT2D eigenvalue weighted by Crippen LogP contribution is 2.23. The third-order valence-electron chi connectivity index (χ3n) is 4.48. The van der Waals surface area contributed by atoms with Gasteiger partial charge in [-0.2, -0.15) is 0 Å². The van der Waals surface area contributed by atoms with E-state index in [2.05, 4.69) is 49.9 Å². The van der Waals surface area contributed by atoms with Crippen molar-refractivity contribution in [1.82, 2.24) is 15.1 Å². The third kappa shape index (κ3) is 4.87.